The van der Waals surface area contributed by atoms with Gasteiger partial charge in [-0.1, -0.05) is 30.3 Å². The molecule has 1 heterocycles. The number of hydrogen-bond donors (Lipinski definition) is 1. The van der Waals surface area contributed by atoms with Crippen LogP contribution in [0.1, 0.15) is 32.4 Å². The predicted molar refractivity (Wildman–Crippen MR) is 74.1 cm³/mol. The third-order valence-electron chi connectivity index (χ3n) is 3.00. The van der Waals surface area contributed by atoms with E-state index in [0.717, 1.165) is 5.56 Å². The number of rotatable bonds is 1. The molecule has 1 aliphatic heterocycles. The van der Waals surface area contributed by atoms with Crippen LogP contribution < -0.4 is 0 Å². The van der Waals surface area contributed by atoms with E-state index in [9.17, 15) is 9.90 Å². The van der Waals surface area contributed by atoms with E-state index in [1.165, 1.54) is 4.90 Å². The van der Waals surface area contributed by atoms with Gasteiger partial charge in [0.2, 0.25) is 0 Å². The molecule has 0 radical (unpaired) electrons. The highest BCUT2D eigenvalue weighted by molar-refractivity contribution is 5.69. The van der Waals surface area contributed by atoms with Crippen LogP contribution in [0.15, 0.2) is 30.3 Å². The van der Waals surface area contributed by atoms with E-state index >= 15 is 0 Å². The van der Waals surface area contributed by atoms with Gasteiger partial charge >= 0.3 is 6.09 Å². The fourth-order valence-corrected chi connectivity index (χ4v) is 2.18. The maximum atomic E-state index is 12.3. The standard InChI is InChI=1S/C15H21NO4/c1-15(2,3)20-14(18)16-9-10-19-13(17)12(16)11-7-5-4-6-8-11/h4-8,12-13,17H,9-10H2,1-3H3/t12?,13-/m0/s1. The highest BCUT2D eigenvalue weighted by Gasteiger charge is 2.37. The molecule has 5 nitrogen and oxygen atoms in total. The van der Waals surface area contributed by atoms with Gasteiger partial charge in [-0.2, -0.15) is 0 Å². The zero-order chi connectivity index (χ0) is 14.8. The van der Waals surface area contributed by atoms with Crippen LogP contribution in [0.2, 0.25) is 0 Å². The van der Waals surface area contributed by atoms with Crippen LogP contribution in [0.5, 0.6) is 0 Å². The zero-order valence-corrected chi connectivity index (χ0v) is 12.1. The molecule has 1 aliphatic rings. The summed E-state index contributed by atoms with van der Waals surface area (Å²) in [6, 6.07) is 8.80. The molecule has 0 aromatic heterocycles. The van der Waals surface area contributed by atoms with Crippen molar-refractivity contribution in [1.29, 1.82) is 0 Å². The van der Waals surface area contributed by atoms with Crippen molar-refractivity contribution < 1.29 is 19.4 Å². The molecule has 1 N–H and O–H groups in total. The van der Waals surface area contributed by atoms with Gasteiger partial charge in [0.15, 0.2) is 6.29 Å². The van der Waals surface area contributed by atoms with Gasteiger partial charge in [-0.3, -0.25) is 4.90 Å². The molecule has 110 valence electrons. The monoisotopic (exact) mass is 279 g/mol. The lowest BCUT2D eigenvalue weighted by Crippen LogP contribution is -2.49. The first-order valence-electron chi connectivity index (χ1n) is 6.73. The molecule has 1 unspecified atom stereocenters. The molecule has 1 aromatic carbocycles. The number of ether oxygens (including phenoxy) is 2. The minimum atomic E-state index is -1.04. The number of benzene rings is 1. The third-order valence-corrected chi connectivity index (χ3v) is 3.00. The van der Waals surface area contributed by atoms with E-state index in [2.05, 4.69) is 0 Å². The molecular weight excluding hydrogens is 258 g/mol. The summed E-state index contributed by atoms with van der Waals surface area (Å²) >= 11 is 0. The largest absolute Gasteiger partial charge is 0.444 e. The molecule has 1 saturated heterocycles. The molecule has 5 heteroatoms. The van der Waals surface area contributed by atoms with Gasteiger partial charge in [-0.15, -0.1) is 0 Å². The molecule has 1 aromatic rings. The van der Waals surface area contributed by atoms with E-state index in [0.29, 0.717) is 13.2 Å². The number of carbonyl (C=O) groups excluding carboxylic acids is 1. The van der Waals surface area contributed by atoms with Gasteiger partial charge < -0.3 is 14.6 Å². The summed E-state index contributed by atoms with van der Waals surface area (Å²) in [6.45, 7) is 6.15. The highest BCUT2D eigenvalue weighted by atomic mass is 16.6. The van der Waals surface area contributed by atoms with Crippen LogP contribution in [0.3, 0.4) is 0 Å². The molecule has 1 fully saturated rings. The molecule has 0 saturated carbocycles. The number of morpholine rings is 1. The molecule has 20 heavy (non-hydrogen) atoms. The summed E-state index contributed by atoms with van der Waals surface area (Å²) in [5.74, 6) is 0. The summed E-state index contributed by atoms with van der Waals surface area (Å²) in [6.07, 6.45) is -1.48. The Bertz CT molecular complexity index is 455. The Hall–Kier alpha value is -1.59. The van der Waals surface area contributed by atoms with Crippen molar-refractivity contribution in [3.05, 3.63) is 35.9 Å². The molecule has 1 amide bonds. The van der Waals surface area contributed by atoms with Gasteiger partial charge in [-0.05, 0) is 26.3 Å². The SMILES string of the molecule is CC(C)(C)OC(=O)N1CCO[C@H](O)C1c1ccccc1. The maximum Gasteiger partial charge on any atom is 0.411 e. The predicted octanol–water partition coefficient (Wildman–Crippen LogP) is 2.31. The number of aliphatic hydroxyl groups is 1. The summed E-state index contributed by atoms with van der Waals surface area (Å²) in [4.78, 5) is 13.8. The van der Waals surface area contributed by atoms with Crippen molar-refractivity contribution in [3.8, 4) is 0 Å². The van der Waals surface area contributed by atoms with Crippen LogP contribution >= 0.6 is 0 Å². The van der Waals surface area contributed by atoms with Gasteiger partial charge in [0, 0.05) is 6.54 Å². The van der Waals surface area contributed by atoms with Gasteiger partial charge in [0.05, 0.1) is 6.61 Å². The highest BCUT2D eigenvalue weighted by Crippen LogP contribution is 2.29. The Morgan fingerprint density at radius 2 is 2.00 bits per heavy atom. The average molecular weight is 279 g/mol. The average Bonchev–Trinajstić information content (AvgIpc) is 2.37. The van der Waals surface area contributed by atoms with Crippen LogP contribution in [-0.2, 0) is 9.47 Å². The second-order valence-electron chi connectivity index (χ2n) is 5.79. The van der Waals surface area contributed by atoms with E-state index in [1.807, 2.05) is 51.1 Å². The summed E-state index contributed by atoms with van der Waals surface area (Å²) < 4.78 is 10.7. The van der Waals surface area contributed by atoms with Crippen molar-refractivity contribution >= 4 is 6.09 Å². The Labute approximate surface area is 119 Å². The fourth-order valence-electron chi connectivity index (χ4n) is 2.18. The second kappa shape index (κ2) is 5.81. The second-order valence-corrected chi connectivity index (χ2v) is 5.79. The lowest BCUT2D eigenvalue weighted by atomic mass is 10.0. The minimum absolute atomic E-state index is 0.295. The van der Waals surface area contributed by atoms with E-state index in [4.69, 9.17) is 9.47 Å². The Morgan fingerprint density at radius 1 is 1.35 bits per heavy atom. The number of amides is 1. The topological polar surface area (TPSA) is 59.0 Å². The molecule has 2 atom stereocenters. The third kappa shape index (κ3) is 3.49. The van der Waals surface area contributed by atoms with Crippen LogP contribution in [0.25, 0.3) is 0 Å². The fraction of sp³-hybridized carbons (Fsp3) is 0.533. The van der Waals surface area contributed by atoms with Crippen molar-refractivity contribution in [2.45, 2.75) is 38.7 Å². The summed E-state index contributed by atoms with van der Waals surface area (Å²) in [5, 5.41) is 10.1. The Morgan fingerprint density at radius 3 is 2.60 bits per heavy atom. The summed E-state index contributed by atoms with van der Waals surface area (Å²) in [7, 11) is 0. The van der Waals surface area contributed by atoms with Crippen molar-refractivity contribution in [3.63, 3.8) is 0 Å². The van der Waals surface area contributed by atoms with Crippen molar-refractivity contribution in [2.75, 3.05) is 13.2 Å². The first-order valence-corrected chi connectivity index (χ1v) is 6.73. The Balaban J connectivity index is 2.23. The lowest BCUT2D eigenvalue weighted by Gasteiger charge is -2.39. The lowest BCUT2D eigenvalue weighted by molar-refractivity contribution is -0.177. The zero-order valence-electron chi connectivity index (χ0n) is 12.1. The van der Waals surface area contributed by atoms with E-state index in [-0.39, 0.29) is 0 Å². The van der Waals surface area contributed by atoms with Crippen molar-refractivity contribution in [2.24, 2.45) is 0 Å². The number of carbonyl (C=O) groups is 1. The Kier molecular flexibility index (Phi) is 4.30. The minimum Gasteiger partial charge on any atom is -0.444 e. The molecule has 2 rings (SSSR count). The first-order chi connectivity index (χ1) is 9.38. The van der Waals surface area contributed by atoms with E-state index < -0.39 is 24.0 Å². The normalized spacial score (nSPS) is 23.5. The summed E-state index contributed by atoms with van der Waals surface area (Å²) in [5.41, 5.74) is 0.257. The smallest absolute Gasteiger partial charge is 0.411 e. The van der Waals surface area contributed by atoms with Gasteiger partial charge in [-0.25, -0.2) is 4.79 Å². The van der Waals surface area contributed by atoms with Gasteiger partial charge in [0.1, 0.15) is 11.6 Å². The number of hydrogen-bond acceptors (Lipinski definition) is 4. The number of aliphatic hydroxyl groups excluding tert-OH is 1. The molecule has 0 spiro atoms. The molecule has 0 aliphatic carbocycles. The van der Waals surface area contributed by atoms with E-state index in [1.54, 1.807) is 0 Å². The molecular formula is C15H21NO4. The van der Waals surface area contributed by atoms with Crippen molar-refractivity contribution in [1.82, 2.24) is 4.90 Å². The van der Waals surface area contributed by atoms with Gasteiger partial charge in [0.25, 0.3) is 0 Å². The maximum absolute atomic E-state index is 12.3. The van der Waals surface area contributed by atoms with Crippen LogP contribution in [-0.4, -0.2) is 41.1 Å². The van der Waals surface area contributed by atoms with Crippen LogP contribution in [0, 0.1) is 0 Å². The van der Waals surface area contributed by atoms with Crippen LogP contribution in [0.4, 0.5) is 4.79 Å². The quantitative estimate of drug-likeness (QED) is 0.857. The number of nitrogens with zero attached hydrogens (tertiary/aromatic N) is 1. The molecule has 0 bridgehead atoms. The first kappa shape index (κ1) is 14.8.